The Hall–Kier alpha value is -2.00. The maximum Gasteiger partial charge on any atom is 0.119 e. The van der Waals surface area contributed by atoms with E-state index in [0.717, 1.165) is 17.0 Å². The summed E-state index contributed by atoms with van der Waals surface area (Å²) in [6, 6.07) is 14.0. The summed E-state index contributed by atoms with van der Waals surface area (Å²) in [5, 5.41) is 13.3. The maximum absolute atomic E-state index is 10.0. The second-order valence-corrected chi connectivity index (χ2v) is 5.41. The van der Waals surface area contributed by atoms with Crippen molar-refractivity contribution in [3.05, 3.63) is 59.2 Å². The lowest BCUT2D eigenvalue weighted by Crippen LogP contribution is -2.26. The fourth-order valence-electron chi connectivity index (χ4n) is 2.13. The zero-order chi connectivity index (χ0) is 15.2. The zero-order valence-electron chi connectivity index (χ0n) is 12.9. The molecule has 0 saturated carbocycles. The van der Waals surface area contributed by atoms with Crippen LogP contribution >= 0.6 is 0 Å². The summed E-state index contributed by atoms with van der Waals surface area (Å²) < 4.78 is 5.60. The van der Waals surface area contributed by atoms with E-state index in [1.165, 1.54) is 11.1 Å². The van der Waals surface area contributed by atoms with E-state index < -0.39 is 6.10 Å². The molecular formula is C18H23NO2. The molecule has 0 bridgehead atoms. The molecule has 2 rings (SSSR count). The van der Waals surface area contributed by atoms with Crippen LogP contribution in [-0.2, 0) is 0 Å². The lowest BCUT2D eigenvalue weighted by Gasteiger charge is -2.16. The monoisotopic (exact) mass is 285 g/mol. The lowest BCUT2D eigenvalue weighted by molar-refractivity contribution is 0.117. The first kappa shape index (κ1) is 15.4. The number of ether oxygens (including phenoxy) is 1. The van der Waals surface area contributed by atoms with E-state index in [0.29, 0.717) is 6.54 Å². The third-order valence-electron chi connectivity index (χ3n) is 3.56. The van der Waals surface area contributed by atoms with Gasteiger partial charge in [0.2, 0.25) is 0 Å². The van der Waals surface area contributed by atoms with Crippen molar-refractivity contribution < 1.29 is 9.84 Å². The maximum atomic E-state index is 10.0. The fourth-order valence-corrected chi connectivity index (χ4v) is 2.13. The van der Waals surface area contributed by atoms with Gasteiger partial charge in [-0.15, -0.1) is 0 Å². The molecule has 3 heteroatoms. The molecule has 1 unspecified atom stereocenters. The van der Waals surface area contributed by atoms with E-state index in [1.54, 1.807) is 0 Å². The van der Waals surface area contributed by atoms with Crippen molar-refractivity contribution in [2.45, 2.75) is 26.9 Å². The molecule has 0 amide bonds. The van der Waals surface area contributed by atoms with E-state index in [1.807, 2.05) is 43.3 Å². The van der Waals surface area contributed by atoms with Gasteiger partial charge in [-0.3, -0.25) is 0 Å². The molecule has 3 nitrogen and oxygen atoms in total. The van der Waals surface area contributed by atoms with Gasteiger partial charge in [0, 0.05) is 12.2 Å². The van der Waals surface area contributed by atoms with Gasteiger partial charge in [0.05, 0.1) is 0 Å². The van der Waals surface area contributed by atoms with E-state index in [-0.39, 0.29) is 6.61 Å². The highest BCUT2D eigenvalue weighted by molar-refractivity contribution is 5.53. The average Bonchev–Trinajstić information content (AvgIpc) is 2.47. The summed E-state index contributed by atoms with van der Waals surface area (Å²) in [5.74, 6) is 0.792. The summed E-state index contributed by atoms with van der Waals surface area (Å²) in [7, 11) is 0. The minimum atomic E-state index is -0.551. The van der Waals surface area contributed by atoms with Crippen LogP contribution in [0.3, 0.4) is 0 Å². The van der Waals surface area contributed by atoms with Gasteiger partial charge in [0.1, 0.15) is 18.5 Å². The Morgan fingerprint density at radius 2 is 1.86 bits per heavy atom. The third-order valence-corrected chi connectivity index (χ3v) is 3.56. The molecule has 2 N–H and O–H groups in total. The Morgan fingerprint density at radius 3 is 2.62 bits per heavy atom. The molecule has 0 heterocycles. The molecule has 0 aliphatic carbocycles. The number of anilines is 1. The molecular weight excluding hydrogens is 262 g/mol. The van der Waals surface area contributed by atoms with Crippen LogP contribution in [0, 0.1) is 20.8 Å². The fraction of sp³-hybridized carbons (Fsp3) is 0.333. The van der Waals surface area contributed by atoms with Crippen LogP contribution in [0.4, 0.5) is 5.69 Å². The zero-order valence-corrected chi connectivity index (χ0v) is 12.9. The van der Waals surface area contributed by atoms with Gasteiger partial charge >= 0.3 is 0 Å². The number of nitrogens with one attached hydrogen (secondary N) is 1. The first-order valence-corrected chi connectivity index (χ1v) is 7.24. The highest BCUT2D eigenvalue weighted by Crippen LogP contribution is 2.18. The topological polar surface area (TPSA) is 41.5 Å². The number of hydrogen-bond acceptors (Lipinski definition) is 3. The predicted molar refractivity (Wildman–Crippen MR) is 87.1 cm³/mol. The van der Waals surface area contributed by atoms with Gasteiger partial charge in [0.15, 0.2) is 0 Å². The molecule has 2 aromatic rings. The van der Waals surface area contributed by atoms with Crippen LogP contribution in [0.5, 0.6) is 5.75 Å². The predicted octanol–water partition coefficient (Wildman–Crippen LogP) is 3.46. The van der Waals surface area contributed by atoms with Crippen LogP contribution in [-0.4, -0.2) is 24.4 Å². The number of rotatable bonds is 6. The van der Waals surface area contributed by atoms with Crippen LogP contribution in [0.25, 0.3) is 0 Å². The molecule has 0 spiro atoms. The summed E-state index contributed by atoms with van der Waals surface area (Å²) in [6.07, 6.45) is -0.551. The Balaban J connectivity index is 1.82. The smallest absolute Gasteiger partial charge is 0.119 e. The van der Waals surface area contributed by atoms with Crippen LogP contribution in [0.15, 0.2) is 42.5 Å². The average molecular weight is 285 g/mol. The normalized spacial score (nSPS) is 12.0. The molecule has 2 aromatic carbocycles. The van der Waals surface area contributed by atoms with Crippen molar-refractivity contribution in [3.8, 4) is 5.75 Å². The number of hydrogen-bond donors (Lipinski definition) is 2. The second kappa shape index (κ2) is 7.14. The Kier molecular flexibility index (Phi) is 5.23. The van der Waals surface area contributed by atoms with E-state index in [2.05, 4.69) is 25.2 Å². The molecule has 1 atom stereocenters. The number of aliphatic hydroxyl groups excluding tert-OH is 1. The van der Waals surface area contributed by atoms with Crippen LogP contribution < -0.4 is 10.1 Å². The molecule has 0 aromatic heterocycles. The second-order valence-electron chi connectivity index (χ2n) is 5.41. The number of benzene rings is 2. The molecule has 21 heavy (non-hydrogen) atoms. The van der Waals surface area contributed by atoms with Gasteiger partial charge < -0.3 is 15.2 Å². The number of aliphatic hydroxyl groups is 1. The third kappa shape index (κ3) is 4.50. The highest BCUT2D eigenvalue weighted by atomic mass is 16.5. The van der Waals surface area contributed by atoms with Gasteiger partial charge in [-0.1, -0.05) is 24.3 Å². The van der Waals surface area contributed by atoms with E-state index in [4.69, 9.17) is 4.74 Å². The van der Waals surface area contributed by atoms with Crippen LogP contribution in [0.1, 0.15) is 16.7 Å². The summed E-state index contributed by atoms with van der Waals surface area (Å²) >= 11 is 0. The van der Waals surface area contributed by atoms with E-state index >= 15 is 0 Å². The Bertz CT molecular complexity index is 596. The van der Waals surface area contributed by atoms with Gasteiger partial charge in [-0.25, -0.2) is 0 Å². The van der Waals surface area contributed by atoms with Gasteiger partial charge in [-0.2, -0.15) is 0 Å². The van der Waals surface area contributed by atoms with Crippen molar-refractivity contribution in [2.75, 3.05) is 18.5 Å². The molecule has 0 aliphatic rings. The molecule has 0 aliphatic heterocycles. The Labute approximate surface area is 126 Å². The van der Waals surface area contributed by atoms with Crippen molar-refractivity contribution in [3.63, 3.8) is 0 Å². The lowest BCUT2D eigenvalue weighted by atomic mass is 10.1. The van der Waals surface area contributed by atoms with Crippen LogP contribution in [0.2, 0.25) is 0 Å². The molecule has 0 saturated heterocycles. The highest BCUT2D eigenvalue weighted by Gasteiger charge is 2.07. The standard InChI is InChI=1S/C18H23NO2/c1-13-6-4-8-17(10-13)21-12-16(20)11-19-18-9-5-7-14(2)15(18)3/h4-10,16,19-20H,11-12H2,1-3H3. The first-order valence-electron chi connectivity index (χ1n) is 7.24. The van der Waals surface area contributed by atoms with Crippen molar-refractivity contribution in [1.82, 2.24) is 0 Å². The first-order chi connectivity index (χ1) is 10.1. The number of aryl methyl sites for hydroxylation is 2. The minimum absolute atomic E-state index is 0.279. The van der Waals surface area contributed by atoms with Gasteiger partial charge in [-0.05, 0) is 55.7 Å². The Morgan fingerprint density at radius 1 is 1.10 bits per heavy atom. The molecule has 112 valence electrons. The summed E-state index contributed by atoms with van der Waals surface area (Å²) in [6.45, 7) is 6.92. The molecule has 0 radical (unpaired) electrons. The van der Waals surface area contributed by atoms with Crippen molar-refractivity contribution >= 4 is 5.69 Å². The summed E-state index contributed by atoms with van der Waals surface area (Å²) in [4.78, 5) is 0. The van der Waals surface area contributed by atoms with E-state index in [9.17, 15) is 5.11 Å². The minimum Gasteiger partial charge on any atom is -0.491 e. The quantitative estimate of drug-likeness (QED) is 0.854. The summed E-state index contributed by atoms with van der Waals surface area (Å²) in [5.41, 5.74) is 4.66. The van der Waals surface area contributed by atoms with Gasteiger partial charge in [0.25, 0.3) is 0 Å². The van der Waals surface area contributed by atoms with Crippen molar-refractivity contribution in [1.29, 1.82) is 0 Å². The molecule has 0 fully saturated rings. The largest absolute Gasteiger partial charge is 0.491 e. The van der Waals surface area contributed by atoms with Crippen molar-refractivity contribution in [2.24, 2.45) is 0 Å². The SMILES string of the molecule is Cc1cccc(OCC(O)CNc2cccc(C)c2C)c1.